The van der Waals surface area contributed by atoms with Gasteiger partial charge in [-0.1, -0.05) is 38.1 Å². The third kappa shape index (κ3) is 2.15. The van der Waals surface area contributed by atoms with Crippen LogP contribution in [0.25, 0.3) is 0 Å². The molecule has 0 bridgehead atoms. The smallest absolute Gasteiger partial charge is 0.330 e. The lowest BCUT2D eigenvalue weighted by atomic mass is 9.87. The standard InChI is InChI=1S/C15H21NO2/c1-11(2)12-5-7-13(8-6-12)15(14(17)18-3)9-4-10-16-15/h5-8,11,16H,4,9-10H2,1-3H3. The molecule has 1 aromatic rings. The number of rotatable bonds is 3. The van der Waals surface area contributed by atoms with E-state index in [0.717, 1.165) is 24.9 Å². The number of carbonyl (C=O) groups is 1. The Kier molecular flexibility index (Phi) is 3.71. The number of ether oxygens (including phenoxy) is 1. The first-order valence-electron chi connectivity index (χ1n) is 6.54. The highest BCUT2D eigenvalue weighted by atomic mass is 16.5. The van der Waals surface area contributed by atoms with Crippen molar-refractivity contribution in [1.82, 2.24) is 5.32 Å². The second kappa shape index (κ2) is 5.11. The first-order chi connectivity index (χ1) is 8.60. The lowest BCUT2D eigenvalue weighted by Gasteiger charge is -2.27. The molecule has 0 aromatic heterocycles. The molecule has 3 nitrogen and oxygen atoms in total. The maximum Gasteiger partial charge on any atom is 0.330 e. The summed E-state index contributed by atoms with van der Waals surface area (Å²) in [6.45, 7) is 5.19. The fourth-order valence-corrected chi connectivity index (χ4v) is 2.61. The van der Waals surface area contributed by atoms with Crippen LogP contribution in [0.1, 0.15) is 43.7 Å². The number of hydrogen-bond acceptors (Lipinski definition) is 3. The Morgan fingerprint density at radius 2 is 2.00 bits per heavy atom. The van der Waals surface area contributed by atoms with Gasteiger partial charge >= 0.3 is 5.97 Å². The first-order valence-corrected chi connectivity index (χ1v) is 6.54. The molecular weight excluding hydrogens is 226 g/mol. The molecule has 0 saturated carbocycles. The minimum absolute atomic E-state index is 0.183. The Labute approximate surface area is 109 Å². The maximum atomic E-state index is 12.1. The summed E-state index contributed by atoms with van der Waals surface area (Å²) in [6, 6.07) is 8.30. The third-order valence-corrected chi connectivity index (χ3v) is 3.76. The summed E-state index contributed by atoms with van der Waals surface area (Å²) < 4.78 is 4.97. The Morgan fingerprint density at radius 3 is 2.44 bits per heavy atom. The number of benzene rings is 1. The van der Waals surface area contributed by atoms with Gasteiger partial charge in [-0.2, -0.15) is 0 Å². The summed E-state index contributed by atoms with van der Waals surface area (Å²) in [4.78, 5) is 12.1. The van der Waals surface area contributed by atoms with Crippen LogP contribution >= 0.6 is 0 Å². The minimum Gasteiger partial charge on any atom is -0.467 e. The molecule has 0 aliphatic carbocycles. The average molecular weight is 247 g/mol. The highest BCUT2D eigenvalue weighted by Gasteiger charge is 2.43. The summed E-state index contributed by atoms with van der Waals surface area (Å²) in [5, 5.41) is 3.31. The molecule has 3 heteroatoms. The molecule has 1 atom stereocenters. The van der Waals surface area contributed by atoms with Crippen molar-refractivity contribution in [2.75, 3.05) is 13.7 Å². The maximum absolute atomic E-state index is 12.1. The topological polar surface area (TPSA) is 38.3 Å². The van der Waals surface area contributed by atoms with E-state index in [1.54, 1.807) is 0 Å². The van der Waals surface area contributed by atoms with Gasteiger partial charge < -0.3 is 4.74 Å². The monoisotopic (exact) mass is 247 g/mol. The van der Waals surface area contributed by atoms with Crippen LogP contribution in [0.3, 0.4) is 0 Å². The van der Waals surface area contributed by atoms with Crippen molar-refractivity contribution in [1.29, 1.82) is 0 Å². The Bertz CT molecular complexity index is 417. The lowest BCUT2D eigenvalue weighted by Crippen LogP contribution is -2.45. The van der Waals surface area contributed by atoms with Crippen molar-refractivity contribution in [2.45, 2.75) is 38.1 Å². The van der Waals surface area contributed by atoms with E-state index in [0.29, 0.717) is 5.92 Å². The molecule has 0 spiro atoms. The van der Waals surface area contributed by atoms with Gasteiger partial charge in [-0.3, -0.25) is 5.32 Å². The average Bonchev–Trinajstić information content (AvgIpc) is 2.88. The third-order valence-electron chi connectivity index (χ3n) is 3.76. The van der Waals surface area contributed by atoms with Crippen LogP contribution in [-0.2, 0) is 15.1 Å². The predicted octanol–water partition coefficient (Wildman–Crippen LogP) is 2.56. The van der Waals surface area contributed by atoms with Gasteiger partial charge in [0.2, 0.25) is 0 Å². The van der Waals surface area contributed by atoms with E-state index in [1.165, 1.54) is 12.7 Å². The Balaban J connectivity index is 2.34. The van der Waals surface area contributed by atoms with E-state index in [2.05, 4.69) is 31.3 Å². The number of nitrogens with one attached hydrogen (secondary N) is 1. The molecule has 98 valence electrons. The van der Waals surface area contributed by atoms with Crippen molar-refractivity contribution in [3.63, 3.8) is 0 Å². The van der Waals surface area contributed by atoms with E-state index < -0.39 is 5.54 Å². The summed E-state index contributed by atoms with van der Waals surface area (Å²) in [5.41, 5.74) is 1.66. The summed E-state index contributed by atoms with van der Waals surface area (Å²) in [6.07, 6.45) is 1.81. The van der Waals surface area contributed by atoms with Crippen molar-refractivity contribution < 1.29 is 9.53 Å². The van der Waals surface area contributed by atoms with Crippen LogP contribution in [-0.4, -0.2) is 19.6 Å². The molecule has 1 unspecified atom stereocenters. The van der Waals surface area contributed by atoms with Crippen molar-refractivity contribution in [2.24, 2.45) is 0 Å². The van der Waals surface area contributed by atoms with Crippen molar-refractivity contribution in [3.05, 3.63) is 35.4 Å². The lowest BCUT2D eigenvalue weighted by molar-refractivity contribution is -0.148. The van der Waals surface area contributed by atoms with Crippen LogP contribution in [0.5, 0.6) is 0 Å². The van der Waals surface area contributed by atoms with Gasteiger partial charge in [0.1, 0.15) is 5.54 Å². The molecule has 18 heavy (non-hydrogen) atoms. The zero-order chi connectivity index (χ0) is 13.2. The minimum atomic E-state index is -0.635. The zero-order valence-electron chi connectivity index (χ0n) is 11.3. The summed E-state index contributed by atoms with van der Waals surface area (Å²) >= 11 is 0. The zero-order valence-corrected chi connectivity index (χ0v) is 11.3. The summed E-state index contributed by atoms with van der Waals surface area (Å²) in [7, 11) is 1.45. The predicted molar refractivity (Wildman–Crippen MR) is 71.5 cm³/mol. The van der Waals surface area contributed by atoms with Crippen LogP contribution in [0.15, 0.2) is 24.3 Å². The van der Waals surface area contributed by atoms with Crippen molar-refractivity contribution in [3.8, 4) is 0 Å². The van der Waals surface area contributed by atoms with E-state index in [1.807, 2.05) is 12.1 Å². The molecular formula is C15H21NO2. The molecule has 1 N–H and O–H groups in total. The van der Waals surface area contributed by atoms with Crippen LogP contribution in [0.2, 0.25) is 0 Å². The fourth-order valence-electron chi connectivity index (χ4n) is 2.61. The van der Waals surface area contributed by atoms with Crippen LogP contribution < -0.4 is 5.32 Å². The van der Waals surface area contributed by atoms with Crippen LogP contribution in [0.4, 0.5) is 0 Å². The molecule has 2 rings (SSSR count). The quantitative estimate of drug-likeness (QED) is 0.834. The highest BCUT2D eigenvalue weighted by Crippen LogP contribution is 2.32. The molecule has 0 amide bonds. The highest BCUT2D eigenvalue weighted by molar-refractivity contribution is 5.83. The number of methoxy groups -OCH3 is 1. The van der Waals surface area contributed by atoms with Crippen LogP contribution in [0, 0.1) is 0 Å². The molecule has 1 fully saturated rings. The molecule has 0 radical (unpaired) electrons. The van der Waals surface area contributed by atoms with Gasteiger partial charge in [0, 0.05) is 0 Å². The van der Waals surface area contributed by atoms with Gasteiger partial charge in [-0.05, 0) is 36.4 Å². The first kappa shape index (κ1) is 13.1. The van der Waals surface area contributed by atoms with E-state index in [9.17, 15) is 4.79 Å². The fraction of sp³-hybridized carbons (Fsp3) is 0.533. The second-order valence-corrected chi connectivity index (χ2v) is 5.20. The Hall–Kier alpha value is -1.35. The molecule has 1 aliphatic heterocycles. The van der Waals surface area contributed by atoms with E-state index in [-0.39, 0.29) is 5.97 Å². The van der Waals surface area contributed by atoms with Gasteiger partial charge in [0.25, 0.3) is 0 Å². The van der Waals surface area contributed by atoms with Crippen molar-refractivity contribution >= 4 is 5.97 Å². The second-order valence-electron chi connectivity index (χ2n) is 5.20. The number of hydrogen-bond donors (Lipinski definition) is 1. The van der Waals surface area contributed by atoms with E-state index in [4.69, 9.17) is 4.74 Å². The summed E-state index contributed by atoms with van der Waals surface area (Å²) in [5.74, 6) is 0.321. The van der Waals surface area contributed by atoms with E-state index >= 15 is 0 Å². The number of esters is 1. The van der Waals surface area contributed by atoms with Gasteiger partial charge in [0.15, 0.2) is 0 Å². The molecule has 1 aliphatic rings. The largest absolute Gasteiger partial charge is 0.467 e. The molecule has 1 aromatic carbocycles. The molecule has 1 heterocycles. The molecule has 1 saturated heterocycles. The SMILES string of the molecule is COC(=O)C1(c2ccc(C(C)C)cc2)CCCN1. The number of carbonyl (C=O) groups excluding carboxylic acids is 1. The Morgan fingerprint density at radius 1 is 1.33 bits per heavy atom. The van der Waals surface area contributed by atoms with Gasteiger partial charge in [0.05, 0.1) is 7.11 Å². The normalized spacial score (nSPS) is 23.3. The van der Waals surface area contributed by atoms with Gasteiger partial charge in [-0.25, -0.2) is 4.79 Å². The van der Waals surface area contributed by atoms with Gasteiger partial charge in [-0.15, -0.1) is 0 Å².